The van der Waals surface area contributed by atoms with Gasteiger partial charge in [0.05, 0.1) is 75.0 Å². The van der Waals surface area contributed by atoms with Crippen molar-refractivity contribution in [1.82, 2.24) is 103 Å². The van der Waals surface area contributed by atoms with Crippen molar-refractivity contribution >= 4 is 122 Å². The number of nitrogens with zero attached hydrogens (tertiary/aromatic N) is 5. The molecule has 7 aromatic rings. The second kappa shape index (κ2) is 55.8. The first-order chi connectivity index (χ1) is 69.4. The molecule has 0 spiro atoms. The van der Waals surface area contributed by atoms with Gasteiger partial charge in [0.15, 0.2) is 0 Å². The highest BCUT2D eigenvalue weighted by molar-refractivity contribution is 5.99. The van der Waals surface area contributed by atoms with Gasteiger partial charge in [-0.25, -0.2) is 19.6 Å². The minimum absolute atomic E-state index is 0.000249. The Morgan fingerprint density at radius 1 is 0.531 bits per heavy atom. The van der Waals surface area contributed by atoms with Gasteiger partial charge in [0.2, 0.25) is 88.3 Å². The van der Waals surface area contributed by atoms with Crippen LogP contribution < -0.4 is 86.1 Å². The van der Waals surface area contributed by atoms with Gasteiger partial charge in [-0.15, -0.1) is 0 Å². The van der Waals surface area contributed by atoms with E-state index >= 15 is 0 Å². The van der Waals surface area contributed by atoms with Crippen LogP contribution in [0.1, 0.15) is 140 Å². The van der Waals surface area contributed by atoms with Crippen LogP contribution in [-0.2, 0) is 143 Å². The SMILES string of the molecule is CC[C@@]1(OC(=O)CNC(=O)CCC(=O)NCCN2CCN(C(=O)NCCOCCOCC(=O)NCCOCCOCC(=O)N[C@H](Cc3ccccc3)C(=O)N[C@@H](CCC(N)=O)C(=O)N[C@@H](Cc3c[nH]c4ccccc34)C(=O)N[C@@H](C)C(=O)N[C@H](C(=O)NCCC(=O)N[C@@H](Cc3cnc[nH]3)C(=O)N[C@@H](CC(C)C)C(=O)N[C@@H](CC(C)C)C(N)=O)C(C)C)CC2)C(=O)OCc2c1cc1n(c2=O)Cc2cc3ccccc3nc2-1. The Morgan fingerprint density at radius 2 is 1.12 bits per heavy atom. The Kier molecular flexibility index (Phi) is 43.3. The second-order valence-corrected chi connectivity index (χ2v) is 36.8. The molecule has 7 heterocycles. The minimum atomic E-state index is -1.96. The number of aromatic amines is 2. The van der Waals surface area contributed by atoms with Crippen molar-refractivity contribution in [3.63, 3.8) is 0 Å². The fourth-order valence-electron chi connectivity index (χ4n) is 16.6. The Bertz CT molecular complexity index is 5750. The van der Waals surface area contributed by atoms with Crippen LogP contribution in [0.25, 0.3) is 33.2 Å². The van der Waals surface area contributed by atoms with Gasteiger partial charge in [0.1, 0.15) is 74.7 Å². The zero-order chi connectivity index (χ0) is 105. The van der Waals surface area contributed by atoms with E-state index in [0.29, 0.717) is 71.8 Å². The number of aromatic nitrogens is 5. The molecule has 3 aliphatic heterocycles. The third-order valence-electron chi connectivity index (χ3n) is 24.4. The van der Waals surface area contributed by atoms with E-state index in [0.717, 1.165) is 16.5 Å². The number of fused-ring (bicyclic) bond motifs is 6. The Balaban J connectivity index is 0.585. The predicted molar refractivity (Wildman–Crippen MR) is 526 cm³/mol. The number of piperazine rings is 1. The van der Waals surface area contributed by atoms with Crippen molar-refractivity contribution in [2.75, 3.05) is 118 Å². The largest absolute Gasteiger partial charge is 0.457 e. The molecule has 9 atom stereocenters. The molecular weight excluding hydrogens is 1880 g/mol. The number of nitrogens with one attached hydrogen (secondary N) is 15. The topological polar surface area (TPSA) is 640 Å². The van der Waals surface area contributed by atoms with Crippen LogP contribution in [0.5, 0.6) is 0 Å². The lowest BCUT2D eigenvalue weighted by Crippen LogP contribution is -2.59. The van der Waals surface area contributed by atoms with Crippen molar-refractivity contribution in [2.45, 2.75) is 193 Å². The van der Waals surface area contributed by atoms with Crippen LogP contribution in [-0.4, -0.2) is 302 Å². The number of benzene rings is 3. The van der Waals surface area contributed by atoms with Gasteiger partial charge in [0, 0.05) is 149 Å². The summed E-state index contributed by atoms with van der Waals surface area (Å²) in [7, 11) is 0. The fourth-order valence-corrected chi connectivity index (χ4v) is 16.6. The van der Waals surface area contributed by atoms with Crippen LogP contribution in [0.3, 0.4) is 0 Å². The smallest absolute Gasteiger partial charge is 0.355 e. The third kappa shape index (κ3) is 34.3. The molecular formula is C99H134N22O24. The molecule has 16 amide bonds. The minimum Gasteiger partial charge on any atom is -0.457 e. The molecule has 0 saturated carbocycles. The summed E-state index contributed by atoms with van der Waals surface area (Å²) in [6.45, 7) is 15.3. The summed E-state index contributed by atoms with van der Waals surface area (Å²) in [6, 6.07) is 16.3. The number of esters is 2. The number of nitrogens with two attached hydrogens (primary N) is 2. The Labute approximate surface area is 837 Å². The first-order valence-electron chi connectivity index (χ1n) is 48.7. The van der Waals surface area contributed by atoms with Gasteiger partial charge >= 0.3 is 18.0 Å². The first-order valence-corrected chi connectivity index (χ1v) is 48.7. The van der Waals surface area contributed by atoms with E-state index in [1.807, 2.05) is 58.0 Å². The molecule has 0 aliphatic carbocycles. The van der Waals surface area contributed by atoms with Crippen molar-refractivity contribution in [3.8, 4) is 11.4 Å². The number of urea groups is 1. The van der Waals surface area contributed by atoms with Crippen molar-refractivity contribution in [2.24, 2.45) is 29.2 Å². The molecule has 46 nitrogen and oxygen atoms in total. The normalized spacial score (nSPS) is 15.4. The van der Waals surface area contributed by atoms with Gasteiger partial charge in [-0.2, -0.15) is 0 Å². The molecule has 1 fully saturated rings. The molecule has 0 bridgehead atoms. The zero-order valence-corrected chi connectivity index (χ0v) is 82.9. The van der Waals surface area contributed by atoms with Gasteiger partial charge in [-0.05, 0) is 85.8 Å². The van der Waals surface area contributed by atoms with Crippen LogP contribution in [0.15, 0.2) is 115 Å². The summed E-state index contributed by atoms with van der Waals surface area (Å²) < 4.78 is 34.9. The van der Waals surface area contributed by atoms with Crippen molar-refractivity contribution in [3.05, 3.63) is 154 Å². The van der Waals surface area contributed by atoms with E-state index < -0.39 is 180 Å². The van der Waals surface area contributed by atoms with Crippen LogP contribution in [0.2, 0.25) is 0 Å². The highest BCUT2D eigenvalue weighted by Gasteiger charge is 2.51. The van der Waals surface area contributed by atoms with E-state index in [2.05, 4.69) is 89.0 Å². The van der Waals surface area contributed by atoms with Crippen LogP contribution >= 0.6 is 0 Å². The lowest BCUT2D eigenvalue weighted by Gasteiger charge is -2.35. The summed E-state index contributed by atoms with van der Waals surface area (Å²) in [5.41, 5.74) is 14.1. The number of ether oxygens (including phenoxy) is 6. The quantitative estimate of drug-likeness (QED) is 0.0160. The number of H-pyrrole nitrogens is 2. The molecule has 46 heteroatoms. The van der Waals surface area contributed by atoms with Gasteiger partial charge in [-0.3, -0.25) is 81.6 Å². The zero-order valence-electron chi connectivity index (χ0n) is 82.9. The van der Waals surface area contributed by atoms with Crippen LogP contribution in [0.4, 0.5) is 4.79 Å². The number of pyridine rings is 2. The third-order valence-corrected chi connectivity index (χ3v) is 24.4. The average molecular weight is 2020 g/mol. The summed E-state index contributed by atoms with van der Waals surface area (Å²) in [5.74, 6) is -12.4. The predicted octanol–water partition coefficient (Wildman–Crippen LogP) is -1.01. The number of hydrogen-bond acceptors (Lipinski definition) is 27. The number of hydrogen-bond donors (Lipinski definition) is 17. The molecule has 10 rings (SSSR count). The number of imidazole rings is 1. The number of carbonyl (C=O) groups excluding carboxylic acids is 17. The van der Waals surface area contributed by atoms with Crippen LogP contribution in [0, 0.1) is 17.8 Å². The summed E-state index contributed by atoms with van der Waals surface area (Å²) in [5, 5.41) is 36.3. The number of para-hydroxylation sites is 2. The van der Waals surface area contributed by atoms with E-state index in [1.165, 1.54) is 19.4 Å². The van der Waals surface area contributed by atoms with Gasteiger partial charge in [0.25, 0.3) is 5.56 Å². The maximum atomic E-state index is 14.7. The standard InChI is InChI=1S/C99H134N22O24/c1-9-99(69-49-78-87-65(46-63-19-13-15-21-70(63)113-87)53-121(78)96(137)68(69)54-144-97(99)138)145-85(128)52-108-81(124)26-25-80(123)103-29-32-119-33-35-120(36-34-119)98(139)106-31-38-141-39-41-142-55-83(126)104-30-37-140-40-42-143-56-84(127)112-75(45-62-17-11-10-12-18-62)93(134)114-72(23-24-79(100)122)90(131)117-76(47-64-50-107-71-22-16-14-20-67(64)71)91(132)110-61(8)89(130)118-86(60(6)7)95(136)105-28-27-82(125)111-77(48-66-51-102-57-109-66)94(135)116-74(44-59(4)5)92(133)115-73(88(101)129)43-58(2)3/h10-22,46,49-51,57-61,72-77,86,107H,9,23-45,47-48,52-56H2,1-8H3,(H2,100,122)(H2,101,129)(H,102,109)(H,103,123)(H,104,126)(H,105,136)(H,106,139)(H,108,124)(H,110,132)(H,111,125)(H,112,127)(H,114,134)(H,115,133)(H,116,135)(H,117,131)(H,118,130)/t61-,72-,73-,74-,75+,76-,77-,86-,99-/m0/s1. The number of cyclic esters (lactones) is 1. The van der Waals surface area contributed by atoms with E-state index in [9.17, 15) is 86.3 Å². The molecule has 4 aromatic heterocycles. The van der Waals surface area contributed by atoms with Gasteiger partial charge < -0.3 is 128 Å². The number of primary amides is 2. The maximum Gasteiger partial charge on any atom is 0.355 e. The van der Waals surface area contributed by atoms with E-state index in [-0.39, 0.29) is 179 Å². The second-order valence-electron chi connectivity index (χ2n) is 36.8. The fraction of sp³-hybridized carbons (Fsp3) is 0.515. The monoisotopic (exact) mass is 2010 g/mol. The highest BCUT2D eigenvalue weighted by atomic mass is 16.6. The first kappa shape index (κ1) is 112. The summed E-state index contributed by atoms with van der Waals surface area (Å²) in [6.07, 6.45) is 2.95. The van der Waals surface area contributed by atoms with Crippen molar-refractivity contribution < 1.29 is 110 Å². The molecule has 145 heavy (non-hydrogen) atoms. The van der Waals surface area contributed by atoms with E-state index in [1.54, 1.807) is 97.1 Å². The lowest BCUT2D eigenvalue weighted by atomic mass is 9.85. The summed E-state index contributed by atoms with van der Waals surface area (Å²) >= 11 is 0. The number of rotatable bonds is 59. The summed E-state index contributed by atoms with van der Waals surface area (Å²) in [4.78, 5) is 261. The molecule has 0 unspecified atom stereocenters. The number of carbonyl (C=O) groups is 17. The van der Waals surface area contributed by atoms with Gasteiger partial charge in [-0.1, -0.05) is 115 Å². The molecule has 784 valence electrons. The Morgan fingerprint density at radius 3 is 1.80 bits per heavy atom. The Hall–Kier alpha value is -14.6. The lowest BCUT2D eigenvalue weighted by molar-refractivity contribution is -0.189. The molecule has 1 saturated heterocycles. The van der Waals surface area contributed by atoms with Crippen molar-refractivity contribution in [1.29, 1.82) is 0 Å². The average Bonchev–Trinajstić information content (AvgIpc) is 1.38. The molecule has 0 radical (unpaired) electrons. The number of amides is 16. The molecule has 3 aliphatic rings. The highest BCUT2D eigenvalue weighted by Crippen LogP contribution is 2.41. The van der Waals surface area contributed by atoms with E-state index in [4.69, 9.17) is 44.9 Å². The molecule has 3 aromatic carbocycles. The maximum absolute atomic E-state index is 14.7. The molecule has 19 N–H and O–H groups in total.